The van der Waals surface area contributed by atoms with Crippen molar-refractivity contribution >= 4 is 40.7 Å². The molecule has 0 amide bonds. The summed E-state index contributed by atoms with van der Waals surface area (Å²) in [7, 11) is 0. The van der Waals surface area contributed by atoms with Crippen LogP contribution in [0.3, 0.4) is 0 Å². The van der Waals surface area contributed by atoms with Crippen molar-refractivity contribution in [3.63, 3.8) is 0 Å². The highest BCUT2D eigenvalue weighted by Gasteiger charge is 2.47. The highest BCUT2D eigenvalue weighted by molar-refractivity contribution is 6.38. The molecule has 0 saturated heterocycles. The summed E-state index contributed by atoms with van der Waals surface area (Å²) in [6.45, 7) is 10.4. The summed E-state index contributed by atoms with van der Waals surface area (Å²) < 4.78 is 15.8. The quantitative estimate of drug-likeness (QED) is 0.403. The van der Waals surface area contributed by atoms with Crippen LogP contribution in [0.1, 0.15) is 45.2 Å². The van der Waals surface area contributed by atoms with Crippen LogP contribution in [0.2, 0.25) is 10.0 Å². The molecule has 1 aliphatic carbocycles. The number of rotatable bonds is 7. The topological polar surface area (TPSA) is 61.8 Å². The van der Waals surface area contributed by atoms with Crippen LogP contribution in [0.4, 0.5) is 4.79 Å². The number of Topliss-reactive ketones (excluding diaryl/α,β-unsaturated/α-hetero) is 1. The maximum absolute atomic E-state index is 12.9. The lowest BCUT2D eigenvalue weighted by atomic mass is 9.77. The van der Waals surface area contributed by atoms with Gasteiger partial charge in [-0.1, -0.05) is 44.0 Å². The van der Waals surface area contributed by atoms with Crippen molar-refractivity contribution in [3.8, 4) is 0 Å². The molecule has 1 aromatic carbocycles. The monoisotopic (exact) mass is 428 g/mol. The Kier molecular flexibility index (Phi) is 7.54. The third-order valence-electron chi connectivity index (χ3n) is 5.18. The summed E-state index contributed by atoms with van der Waals surface area (Å²) in [5.74, 6) is 0.210. The van der Waals surface area contributed by atoms with Crippen molar-refractivity contribution in [1.29, 1.82) is 0 Å². The van der Waals surface area contributed by atoms with Gasteiger partial charge in [0.05, 0.1) is 17.2 Å². The van der Waals surface area contributed by atoms with Crippen LogP contribution in [0, 0.1) is 18.3 Å². The third-order valence-corrected chi connectivity index (χ3v) is 5.90. The third kappa shape index (κ3) is 4.70. The number of hydrogen-bond acceptors (Lipinski definition) is 5. The number of benzene rings is 1. The smallest absolute Gasteiger partial charge is 0.432 e. The SMILES string of the molecule is CCOCCOC(=O)OC1=C(c2cc(C)c(Cl)cc2Cl)C(=O)CC1(C)C(C)C. The predicted octanol–water partition coefficient (Wildman–Crippen LogP) is 5.84. The van der Waals surface area contributed by atoms with Crippen LogP contribution in [-0.2, 0) is 19.0 Å². The Labute approximate surface area is 175 Å². The molecule has 0 saturated carbocycles. The molecule has 28 heavy (non-hydrogen) atoms. The van der Waals surface area contributed by atoms with Crippen LogP contribution in [0.25, 0.3) is 5.57 Å². The van der Waals surface area contributed by atoms with E-state index in [0.717, 1.165) is 5.56 Å². The largest absolute Gasteiger partial charge is 0.513 e. The number of carbonyl (C=O) groups is 2. The Hall–Kier alpha value is -1.56. The van der Waals surface area contributed by atoms with Crippen molar-refractivity contribution in [2.24, 2.45) is 11.3 Å². The molecule has 1 aliphatic rings. The average Bonchev–Trinajstić information content (AvgIpc) is 2.86. The lowest BCUT2D eigenvalue weighted by Crippen LogP contribution is -2.27. The lowest BCUT2D eigenvalue weighted by molar-refractivity contribution is -0.114. The first-order valence-corrected chi connectivity index (χ1v) is 10.0. The standard InChI is InChI=1S/C21H26Cl2O5/c1-6-26-7-8-27-20(25)28-19-18(17(24)11-21(19,5)12(2)3)14-9-13(4)15(22)10-16(14)23/h9-10,12H,6-8,11H2,1-5H3. The molecular formula is C21H26Cl2O5. The number of aryl methyl sites for hydroxylation is 1. The fourth-order valence-electron chi connectivity index (χ4n) is 3.11. The molecule has 2 rings (SSSR count). The Morgan fingerprint density at radius 2 is 1.89 bits per heavy atom. The summed E-state index contributed by atoms with van der Waals surface area (Å²) in [5, 5.41) is 0.835. The minimum atomic E-state index is -0.865. The van der Waals surface area contributed by atoms with Gasteiger partial charge in [0.2, 0.25) is 0 Å². The van der Waals surface area contributed by atoms with E-state index in [4.69, 9.17) is 37.4 Å². The zero-order chi connectivity index (χ0) is 21.1. The molecule has 0 aliphatic heterocycles. The van der Waals surface area contributed by atoms with E-state index in [1.165, 1.54) is 0 Å². The molecule has 1 atom stereocenters. The summed E-state index contributed by atoms with van der Waals surface area (Å²) >= 11 is 12.5. The van der Waals surface area contributed by atoms with Crippen molar-refractivity contribution < 1.29 is 23.8 Å². The molecule has 0 fully saturated rings. The number of hydrogen-bond donors (Lipinski definition) is 0. The molecule has 0 aromatic heterocycles. The van der Waals surface area contributed by atoms with Gasteiger partial charge in [0.15, 0.2) is 5.78 Å². The Bertz CT molecular complexity index is 800. The molecule has 7 heteroatoms. The van der Waals surface area contributed by atoms with Crippen LogP contribution in [-0.4, -0.2) is 31.8 Å². The van der Waals surface area contributed by atoms with Crippen LogP contribution >= 0.6 is 23.2 Å². The minimum absolute atomic E-state index is 0.0485. The van der Waals surface area contributed by atoms with Crippen molar-refractivity contribution in [2.75, 3.05) is 19.8 Å². The van der Waals surface area contributed by atoms with Gasteiger partial charge in [-0.25, -0.2) is 4.79 Å². The fraction of sp³-hybridized carbons (Fsp3) is 0.524. The van der Waals surface area contributed by atoms with Crippen molar-refractivity contribution in [2.45, 2.75) is 41.0 Å². The highest BCUT2D eigenvalue weighted by Crippen LogP contribution is 2.51. The number of ketones is 1. The maximum atomic E-state index is 12.9. The van der Waals surface area contributed by atoms with Gasteiger partial charge in [-0.05, 0) is 37.5 Å². The minimum Gasteiger partial charge on any atom is -0.432 e. The van der Waals surface area contributed by atoms with Gasteiger partial charge < -0.3 is 14.2 Å². The Morgan fingerprint density at radius 3 is 2.50 bits per heavy atom. The molecule has 5 nitrogen and oxygen atoms in total. The summed E-state index contributed by atoms with van der Waals surface area (Å²) in [6.07, 6.45) is -0.643. The van der Waals surface area contributed by atoms with E-state index in [0.29, 0.717) is 27.8 Å². The number of carbonyl (C=O) groups excluding carboxylic acids is 2. The zero-order valence-electron chi connectivity index (χ0n) is 16.9. The summed E-state index contributed by atoms with van der Waals surface area (Å²) in [6, 6.07) is 3.34. The molecule has 154 valence electrons. The van der Waals surface area contributed by atoms with Gasteiger partial charge in [0.1, 0.15) is 12.4 Å². The molecule has 0 radical (unpaired) electrons. The van der Waals surface area contributed by atoms with Gasteiger partial charge in [-0.15, -0.1) is 0 Å². The van der Waals surface area contributed by atoms with Crippen LogP contribution in [0.5, 0.6) is 0 Å². The second-order valence-electron chi connectivity index (χ2n) is 7.35. The summed E-state index contributed by atoms with van der Waals surface area (Å²) in [5.41, 5.74) is 0.943. The normalized spacial score (nSPS) is 19.5. The van der Waals surface area contributed by atoms with Gasteiger partial charge in [-0.2, -0.15) is 0 Å². The van der Waals surface area contributed by atoms with Crippen molar-refractivity contribution in [3.05, 3.63) is 39.1 Å². The molecule has 0 heterocycles. The molecule has 0 spiro atoms. The average molecular weight is 429 g/mol. The Morgan fingerprint density at radius 1 is 1.21 bits per heavy atom. The first-order chi connectivity index (χ1) is 13.1. The first kappa shape index (κ1) is 22.7. The van der Waals surface area contributed by atoms with E-state index in [-0.39, 0.29) is 37.1 Å². The molecular weight excluding hydrogens is 403 g/mol. The number of ether oxygens (including phenoxy) is 3. The van der Waals surface area contributed by atoms with E-state index in [1.807, 2.05) is 34.6 Å². The molecule has 0 bridgehead atoms. The molecule has 1 unspecified atom stereocenters. The van der Waals surface area contributed by atoms with E-state index < -0.39 is 11.6 Å². The van der Waals surface area contributed by atoms with Gasteiger partial charge in [-0.3, -0.25) is 4.79 Å². The van der Waals surface area contributed by atoms with Gasteiger partial charge in [0, 0.05) is 29.0 Å². The van der Waals surface area contributed by atoms with E-state index in [9.17, 15) is 9.59 Å². The highest BCUT2D eigenvalue weighted by atomic mass is 35.5. The predicted molar refractivity (Wildman–Crippen MR) is 110 cm³/mol. The van der Waals surface area contributed by atoms with E-state index in [2.05, 4.69) is 0 Å². The fourth-order valence-corrected chi connectivity index (χ4v) is 3.59. The van der Waals surface area contributed by atoms with Crippen LogP contribution < -0.4 is 0 Å². The van der Waals surface area contributed by atoms with Crippen molar-refractivity contribution in [1.82, 2.24) is 0 Å². The summed E-state index contributed by atoms with van der Waals surface area (Å²) in [4.78, 5) is 25.2. The Balaban J connectivity index is 2.46. The second kappa shape index (κ2) is 9.29. The molecule has 1 aromatic rings. The van der Waals surface area contributed by atoms with E-state index in [1.54, 1.807) is 12.1 Å². The zero-order valence-corrected chi connectivity index (χ0v) is 18.4. The second-order valence-corrected chi connectivity index (χ2v) is 8.17. The van der Waals surface area contributed by atoms with Crippen LogP contribution in [0.15, 0.2) is 17.9 Å². The van der Waals surface area contributed by atoms with Gasteiger partial charge >= 0.3 is 6.16 Å². The first-order valence-electron chi connectivity index (χ1n) is 9.28. The number of allylic oxidation sites excluding steroid dienone is 2. The van der Waals surface area contributed by atoms with Gasteiger partial charge in [0.25, 0.3) is 0 Å². The maximum Gasteiger partial charge on any atom is 0.513 e. The molecule has 0 N–H and O–H groups in total. The van der Waals surface area contributed by atoms with E-state index >= 15 is 0 Å². The lowest BCUT2D eigenvalue weighted by Gasteiger charge is -2.30. The number of halogens is 2.